The summed E-state index contributed by atoms with van der Waals surface area (Å²) in [7, 11) is 2.74. The Kier molecular flexibility index (Phi) is 5.29. The molecule has 0 bridgehead atoms. The highest BCUT2D eigenvalue weighted by Crippen LogP contribution is 2.44. The smallest absolute Gasteiger partial charge is 0.311 e. The van der Waals surface area contributed by atoms with E-state index < -0.39 is 17.4 Å². The van der Waals surface area contributed by atoms with Gasteiger partial charge in [-0.2, -0.15) is 5.10 Å². The third-order valence-electron chi connectivity index (χ3n) is 6.09. The van der Waals surface area contributed by atoms with Crippen molar-refractivity contribution in [3.8, 4) is 5.69 Å². The van der Waals surface area contributed by atoms with E-state index in [1.54, 1.807) is 22.0 Å². The minimum Gasteiger partial charge on any atom is -0.469 e. The molecule has 2 aliphatic rings. The van der Waals surface area contributed by atoms with E-state index >= 15 is 0 Å². The molecule has 1 aromatic heterocycles. The third kappa shape index (κ3) is 3.24. The van der Waals surface area contributed by atoms with Crippen LogP contribution >= 0.6 is 0 Å². The van der Waals surface area contributed by atoms with Crippen molar-refractivity contribution in [2.45, 2.75) is 24.8 Å². The molecule has 158 valence electrons. The van der Waals surface area contributed by atoms with Crippen LogP contribution in [0.2, 0.25) is 0 Å². The molecule has 1 unspecified atom stereocenters. The molecule has 9 heteroatoms. The summed E-state index contributed by atoms with van der Waals surface area (Å²) in [6.07, 6.45) is 4.19. The van der Waals surface area contributed by atoms with Crippen molar-refractivity contribution in [1.82, 2.24) is 19.7 Å². The highest BCUT2D eigenvalue weighted by molar-refractivity contribution is 5.94. The molecule has 0 radical (unpaired) electrons. The molecule has 2 aliphatic heterocycles. The summed E-state index contributed by atoms with van der Waals surface area (Å²) in [6, 6.07) is 9.56. The zero-order valence-corrected chi connectivity index (χ0v) is 17.0. The van der Waals surface area contributed by atoms with Crippen molar-refractivity contribution in [2.75, 3.05) is 27.3 Å². The molecule has 4 rings (SSSR count). The second-order valence-corrected chi connectivity index (χ2v) is 7.56. The van der Waals surface area contributed by atoms with Crippen LogP contribution < -0.4 is 0 Å². The number of rotatable bonds is 4. The van der Waals surface area contributed by atoms with E-state index in [1.165, 1.54) is 19.3 Å². The molecule has 2 amide bonds. The zero-order chi connectivity index (χ0) is 21.3. The Morgan fingerprint density at radius 2 is 1.83 bits per heavy atom. The molecule has 2 aromatic rings. The number of para-hydroxylation sites is 1. The number of aromatic nitrogens is 2. The average Bonchev–Trinajstić information content (AvgIpc) is 3.37. The Morgan fingerprint density at radius 1 is 1.13 bits per heavy atom. The van der Waals surface area contributed by atoms with Crippen molar-refractivity contribution in [2.24, 2.45) is 5.92 Å². The zero-order valence-electron chi connectivity index (χ0n) is 17.0. The van der Waals surface area contributed by atoms with Crippen LogP contribution in [0.25, 0.3) is 5.69 Å². The first kappa shape index (κ1) is 20.1. The molecule has 0 N–H and O–H groups in total. The van der Waals surface area contributed by atoms with E-state index in [2.05, 4.69) is 5.10 Å². The number of benzene rings is 1. The van der Waals surface area contributed by atoms with E-state index in [0.717, 1.165) is 5.69 Å². The number of carbonyl (C=O) groups excluding carboxylic acids is 3. The third-order valence-corrected chi connectivity index (χ3v) is 6.09. The van der Waals surface area contributed by atoms with Crippen molar-refractivity contribution in [3.63, 3.8) is 0 Å². The molecule has 1 aromatic carbocycles. The second-order valence-electron chi connectivity index (χ2n) is 7.56. The van der Waals surface area contributed by atoms with Gasteiger partial charge in [0.1, 0.15) is 0 Å². The number of nitrogens with zero attached hydrogens (tertiary/aromatic N) is 4. The van der Waals surface area contributed by atoms with Crippen LogP contribution in [0, 0.1) is 5.92 Å². The lowest BCUT2D eigenvalue weighted by molar-refractivity contribution is -0.208. The number of carbonyl (C=O) groups is 3. The van der Waals surface area contributed by atoms with Crippen LogP contribution in [0.3, 0.4) is 0 Å². The standard InChI is InChI=1S/C21H24N4O5/c1-29-20(28)17-12-18(26)25(30-2)21(17)8-10-23(11-9-21)19(27)15-13-22-24(14-15)16-6-4-3-5-7-16/h3-7,13-14,17H,8-12H2,1-2H3. The van der Waals surface area contributed by atoms with Gasteiger partial charge in [-0.05, 0) is 25.0 Å². The summed E-state index contributed by atoms with van der Waals surface area (Å²) in [6.45, 7) is 0.798. The fourth-order valence-electron chi connectivity index (χ4n) is 4.55. The fourth-order valence-corrected chi connectivity index (χ4v) is 4.55. The Bertz CT molecular complexity index is 947. The molecular formula is C21H24N4O5. The lowest BCUT2D eigenvalue weighted by Crippen LogP contribution is -2.57. The Morgan fingerprint density at radius 3 is 2.47 bits per heavy atom. The lowest BCUT2D eigenvalue weighted by atomic mass is 9.77. The maximum atomic E-state index is 13.0. The fraction of sp³-hybridized carbons (Fsp3) is 0.429. The second kappa shape index (κ2) is 7.91. The number of hydrogen-bond acceptors (Lipinski definition) is 6. The monoisotopic (exact) mass is 412 g/mol. The quantitative estimate of drug-likeness (QED) is 0.706. The van der Waals surface area contributed by atoms with Gasteiger partial charge < -0.3 is 9.64 Å². The van der Waals surface area contributed by atoms with Gasteiger partial charge >= 0.3 is 5.97 Å². The number of esters is 1. The summed E-state index contributed by atoms with van der Waals surface area (Å²) in [5.41, 5.74) is 0.574. The van der Waals surface area contributed by atoms with Crippen molar-refractivity contribution >= 4 is 17.8 Å². The number of ether oxygens (including phenoxy) is 1. The number of hydroxylamine groups is 2. The Labute approximate surface area is 174 Å². The van der Waals surface area contributed by atoms with E-state index in [9.17, 15) is 14.4 Å². The molecule has 2 fully saturated rings. The lowest BCUT2D eigenvalue weighted by Gasteiger charge is -2.45. The Balaban J connectivity index is 1.50. The van der Waals surface area contributed by atoms with Crippen molar-refractivity contribution in [1.29, 1.82) is 0 Å². The van der Waals surface area contributed by atoms with E-state index in [1.807, 2.05) is 30.3 Å². The summed E-state index contributed by atoms with van der Waals surface area (Å²) < 4.78 is 6.59. The van der Waals surface area contributed by atoms with Crippen LogP contribution in [0.4, 0.5) is 0 Å². The minimum absolute atomic E-state index is 0.0539. The largest absolute Gasteiger partial charge is 0.469 e. The van der Waals surface area contributed by atoms with Gasteiger partial charge in [-0.25, -0.2) is 9.75 Å². The predicted octanol–water partition coefficient (Wildman–Crippen LogP) is 1.43. The van der Waals surface area contributed by atoms with Crippen LogP contribution in [-0.2, 0) is 19.2 Å². The average molecular weight is 412 g/mol. The summed E-state index contributed by atoms with van der Waals surface area (Å²) in [5, 5.41) is 5.60. The molecule has 2 saturated heterocycles. The molecule has 3 heterocycles. The maximum Gasteiger partial charge on any atom is 0.311 e. The van der Waals surface area contributed by atoms with Crippen molar-refractivity contribution in [3.05, 3.63) is 48.3 Å². The molecular weight excluding hydrogens is 388 g/mol. The highest BCUT2D eigenvalue weighted by atomic mass is 16.7. The van der Waals surface area contributed by atoms with Crippen LogP contribution in [0.1, 0.15) is 29.6 Å². The van der Waals surface area contributed by atoms with Crippen LogP contribution in [0.5, 0.6) is 0 Å². The molecule has 0 saturated carbocycles. The van der Waals surface area contributed by atoms with Gasteiger partial charge in [-0.1, -0.05) is 18.2 Å². The summed E-state index contributed by atoms with van der Waals surface area (Å²) >= 11 is 0. The molecule has 1 spiro atoms. The Hall–Kier alpha value is -3.20. The minimum atomic E-state index is -0.788. The molecule has 0 aliphatic carbocycles. The van der Waals surface area contributed by atoms with Gasteiger partial charge in [0.05, 0.1) is 43.1 Å². The number of piperidine rings is 1. The van der Waals surface area contributed by atoms with Gasteiger partial charge in [0, 0.05) is 25.7 Å². The normalized spacial score (nSPS) is 20.6. The summed E-state index contributed by atoms with van der Waals surface area (Å²) in [5.74, 6) is -1.40. The van der Waals surface area contributed by atoms with E-state index in [0.29, 0.717) is 31.5 Å². The van der Waals surface area contributed by atoms with Gasteiger partial charge in [-0.3, -0.25) is 19.2 Å². The van der Waals surface area contributed by atoms with Gasteiger partial charge in [-0.15, -0.1) is 0 Å². The van der Waals surface area contributed by atoms with E-state index in [4.69, 9.17) is 9.57 Å². The molecule has 1 atom stereocenters. The SMILES string of the molecule is COC(=O)C1CC(=O)N(OC)C12CCN(C(=O)c1cnn(-c3ccccc3)c1)CC2. The number of amides is 2. The maximum absolute atomic E-state index is 13.0. The first-order valence-electron chi connectivity index (χ1n) is 9.84. The first-order valence-corrected chi connectivity index (χ1v) is 9.84. The predicted molar refractivity (Wildman–Crippen MR) is 105 cm³/mol. The van der Waals surface area contributed by atoms with Crippen LogP contribution in [-0.4, -0.2) is 70.4 Å². The molecule has 30 heavy (non-hydrogen) atoms. The number of methoxy groups -OCH3 is 1. The van der Waals surface area contributed by atoms with E-state index in [-0.39, 0.29) is 18.2 Å². The number of hydrogen-bond donors (Lipinski definition) is 0. The van der Waals surface area contributed by atoms with Gasteiger partial charge in [0.25, 0.3) is 5.91 Å². The van der Waals surface area contributed by atoms with Crippen molar-refractivity contribution < 1.29 is 24.0 Å². The highest BCUT2D eigenvalue weighted by Gasteiger charge is 2.58. The van der Waals surface area contributed by atoms with Gasteiger partial charge in [0.15, 0.2) is 0 Å². The van der Waals surface area contributed by atoms with Gasteiger partial charge in [0.2, 0.25) is 5.91 Å². The molecule has 9 nitrogen and oxygen atoms in total. The first-order chi connectivity index (χ1) is 14.5. The topological polar surface area (TPSA) is 94.0 Å². The van der Waals surface area contributed by atoms with Crippen LogP contribution in [0.15, 0.2) is 42.7 Å². The summed E-state index contributed by atoms with van der Waals surface area (Å²) in [4.78, 5) is 44.8. The number of likely N-dealkylation sites (tertiary alicyclic amines) is 1.